The van der Waals surface area contributed by atoms with Crippen molar-refractivity contribution in [2.75, 3.05) is 7.05 Å². The van der Waals surface area contributed by atoms with Gasteiger partial charge >= 0.3 is 0 Å². The van der Waals surface area contributed by atoms with Crippen molar-refractivity contribution in [1.29, 1.82) is 0 Å². The summed E-state index contributed by atoms with van der Waals surface area (Å²) in [6.07, 6.45) is 6.79. The van der Waals surface area contributed by atoms with E-state index in [4.69, 9.17) is 0 Å². The van der Waals surface area contributed by atoms with Gasteiger partial charge in [0.1, 0.15) is 0 Å². The van der Waals surface area contributed by atoms with Gasteiger partial charge in [0.15, 0.2) is 0 Å². The summed E-state index contributed by atoms with van der Waals surface area (Å²) in [7, 11) is 4.29. The van der Waals surface area contributed by atoms with E-state index in [-0.39, 0.29) is 5.56 Å². The Labute approximate surface area is 141 Å². The van der Waals surface area contributed by atoms with Gasteiger partial charge in [-0.25, -0.2) is 0 Å². The summed E-state index contributed by atoms with van der Waals surface area (Å²) >= 11 is 0. The number of aromatic nitrogens is 2. The second-order valence-corrected chi connectivity index (χ2v) is 7.54. The molecule has 3 aromatic rings. The lowest BCUT2D eigenvalue weighted by Gasteiger charge is -2.37. The molecule has 2 aliphatic rings. The van der Waals surface area contributed by atoms with Gasteiger partial charge in [-0.1, -0.05) is 18.2 Å². The van der Waals surface area contributed by atoms with Gasteiger partial charge < -0.3 is 14.0 Å². The van der Waals surface area contributed by atoms with Crippen molar-refractivity contribution < 1.29 is 0 Å². The summed E-state index contributed by atoms with van der Waals surface area (Å²) in [5.74, 6) is 0. The topological polar surface area (TPSA) is 30.2 Å². The molecule has 0 N–H and O–H groups in total. The van der Waals surface area contributed by atoms with E-state index in [1.165, 1.54) is 12.8 Å². The van der Waals surface area contributed by atoms with Crippen LogP contribution in [0.5, 0.6) is 0 Å². The highest BCUT2D eigenvalue weighted by atomic mass is 16.1. The highest BCUT2D eigenvalue weighted by molar-refractivity contribution is 6.07. The zero-order chi connectivity index (χ0) is 16.4. The minimum absolute atomic E-state index is 0.179. The zero-order valence-electron chi connectivity index (χ0n) is 14.3. The predicted molar refractivity (Wildman–Crippen MR) is 97.5 cm³/mol. The number of aryl methyl sites for hydroxylation is 1. The largest absolute Gasteiger partial charge is 0.343 e. The maximum Gasteiger partial charge on any atom is 0.260 e. The molecule has 1 aromatic carbocycles. The SMILES string of the molecule is CN1[C@@H]2CC[C@H]1C[C@H](n1ccc3c(c1=O)c1ccccc1n3C)C2. The van der Waals surface area contributed by atoms with Crippen molar-refractivity contribution in [3.8, 4) is 0 Å². The third kappa shape index (κ3) is 1.80. The summed E-state index contributed by atoms with van der Waals surface area (Å²) in [5.41, 5.74) is 2.34. The van der Waals surface area contributed by atoms with Crippen molar-refractivity contribution in [3.05, 3.63) is 46.9 Å². The van der Waals surface area contributed by atoms with Gasteiger partial charge in [-0.3, -0.25) is 4.79 Å². The molecule has 0 saturated carbocycles. The number of fused-ring (bicyclic) bond motifs is 5. The molecule has 2 saturated heterocycles. The fraction of sp³-hybridized carbons (Fsp3) is 0.450. The van der Waals surface area contributed by atoms with Crippen molar-refractivity contribution in [2.24, 2.45) is 7.05 Å². The Morgan fingerprint density at radius 3 is 2.38 bits per heavy atom. The van der Waals surface area contributed by atoms with Gasteiger partial charge in [0.25, 0.3) is 5.56 Å². The minimum Gasteiger partial charge on any atom is -0.343 e. The number of hydrogen-bond acceptors (Lipinski definition) is 2. The monoisotopic (exact) mass is 321 g/mol. The first-order chi connectivity index (χ1) is 11.6. The summed E-state index contributed by atoms with van der Waals surface area (Å²) in [6, 6.07) is 12.0. The first kappa shape index (κ1) is 14.3. The summed E-state index contributed by atoms with van der Waals surface area (Å²) in [5, 5.41) is 1.95. The summed E-state index contributed by atoms with van der Waals surface area (Å²) in [6.45, 7) is 0. The molecule has 0 amide bonds. The van der Waals surface area contributed by atoms with Gasteiger partial charge in [-0.2, -0.15) is 0 Å². The standard InChI is InChI=1S/C20H23N3O/c1-21-13-7-8-14(21)12-15(11-13)23-10-9-18-19(20(23)24)16-5-3-4-6-17(16)22(18)2/h3-6,9-10,13-15H,7-8,11-12H2,1-2H3/t13-,14+,15-. The van der Waals surface area contributed by atoms with E-state index >= 15 is 0 Å². The van der Waals surface area contributed by atoms with E-state index in [0.717, 1.165) is 34.6 Å². The molecule has 5 rings (SSSR count). The van der Waals surface area contributed by atoms with Crippen LogP contribution < -0.4 is 5.56 Å². The van der Waals surface area contributed by atoms with Crippen LogP contribution in [0.2, 0.25) is 0 Å². The molecule has 0 unspecified atom stereocenters. The van der Waals surface area contributed by atoms with Crippen molar-refractivity contribution >= 4 is 21.8 Å². The Kier molecular flexibility index (Phi) is 2.95. The summed E-state index contributed by atoms with van der Waals surface area (Å²) < 4.78 is 4.15. The van der Waals surface area contributed by atoms with Gasteiger partial charge in [0, 0.05) is 42.3 Å². The van der Waals surface area contributed by atoms with Crippen LogP contribution in [0.1, 0.15) is 31.7 Å². The number of hydrogen-bond donors (Lipinski definition) is 0. The van der Waals surface area contributed by atoms with Crippen molar-refractivity contribution in [1.82, 2.24) is 14.0 Å². The number of para-hydroxylation sites is 1. The Morgan fingerprint density at radius 2 is 1.62 bits per heavy atom. The normalized spacial score (nSPS) is 27.3. The molecular formula is C20H23N3O. The number of rotatable bonds is 1. The van der Waals surface area contributed by atoms with E-state index in [0.29, 0.717) is 18.1 Å². The van der Waals surface area contributed by atoms with E-state index in [1.54, 1.807) is 0 Å². The average molecular weight is 321 g/mol. The molecule has 4 heteroatoms. The molecular weight excluding hydrogens is 298 g/mol. The molecule has 0 radical (unpaired) electrons. The van der Waals surface area contributed by atoms with Crippen LogP contribution in [0.3, 0.4) is 0 Å². The Bertz CT molecular complexity index is 985. The third-order valence-electron chi connectivity index (χ3n) is 6.46. The van der Waals surface area contributed by atoms with Crippen LogP contribution in [0, 0.1) is 0 Å². The van der Waals surface area contributed by atoms with Crippen molar-refractivity contribution in [2.45, 2.75) is 43.8 Å². The molecule has 124 valence electrons. The van der Waals surface area contributed by atoms with E-state index in [2.05, 4.69) is 34.7 Å². The van der Waals surface area contributed by atoms with Gasteiger partial charge in [-0.05, 0) is 44.9 Å². The molecule has 4 heterocycles. The van der Waals surface area contributed by atoms with Gasteiger partial charge in [0.2, 0.25) is 0 Å². The van der Waals surface area contributed by atoms with Crippen LogP contribution in [0.25, 0.3) is 21.8 Å². The number of piperidine rings is 1. The van der Waals surface area contributed by atoms with E-state index in [9.17, 15) is 4.79 Å². The van der Waals surface area contributed by atoms with Crippen LogP contribution in [0.4, 0.5) is 0 Å². The van der Waals surface area contributed by atoms with E-state index < -0.39 is 0 Å². The van der Waals surface area contributed by atoms with Crippen molar-refractivity contribution in [3.63, 3.8) is 0 Å². The lowest BCUT2D eigenvalue weighted by molar-refractivity contribution is 0.136. The molecule has 2 aliphatic heterocycles. The van der Waals surface area contributed by atoms with E-state index in [1.807, 2.05) is 29.9 Å². The fourth-order valence-corrected chi connectivity index (χ4v) is 5.08. The molecule has 2 aromatic heterocycles. The molecule has 4 nitrogen and oxygen atoms in total. The second kappa shape index (κ2) is 4.96. The van der Waals surface area contributed by atoms with Crippen LogP contribution in [-0.2, 0) is 7.05 Å². The second-order valence-electron chi connectivity index (χ2n) is 7.54. The van der Waals surface area contributed by atoms with Gasteiger partial charge in [-0.15, -0.1) is 0 Å². The lowest BCUT2D eigenvalue weighted by Crippen LogP contribution is -2.42. The number of nitrogens with zero attached hydrogens (tertiary/aromatic N) is 3. The molecule has 0 spiro atoms. The Morgan fingerprint density at radius 1 is 0.917 bits per heavy atom. The smallest absolute Gasteiger partial charge is 0.260 e. The quantitative estimate of drug-likeness (QED) is 0.688. The van der Waals surface area contributed by atoms with Crippen LogP contribution >= 0.6 is 0 Å². The number of benzene rings is 1. The fourth-order valence-electron chi connectivity index (χ4n) is 5.08. The molecule has 2 bridgehead atoms. The molecule has 0 aliphatic carbocycles. The maximum atomic E-state index is 13.3. The first-order valence-corrected chi connectivity index (χ1v) is 8.95. The third-order valence-corrected chi connectivity index (χ3v) is 6.46. The van der Waals surface area contributed by atoms with Crippen LogP contribution in [-0.4, -0.2) is 33.2 Å². The maximum absolute atomic E-state index is 13.3. The predicted octanol–water partition coefficient (Wildman–Crippen LogP) is 3.29. The zero-order valence-corrected chi connectivity index (χ0v) is 14.3. The first-order valence-electron chi connectivity index (χ1n) is 8.95. The average Bonchev–Trinajstić information content (AvgIpc) is 2.98. The highest BCUT2D eigenvalue weighted by Crippen LogP contribution is 2.39. The molecule has 24 heavy (non-hydrogen) atoms. The van der Waals surface area contributed by atoms with Gasteiger partial charge in [0.05, 0.1) is 10.9 Å². The summed E-state index contributed by atoms with van der Waals surface area (Å²) in [4.78, 5) is 15.8. The Hall–Kier alpha value is -2.07. The molecule has 3 atom stereocenters. The Balaban J connectivity index is 1.70. The van der Waals surface area contributed by atoms with Crippen LogP contribution in [0.15, 0.2) is 41.3 Å². The minimum atomic E-state index is 0.179. The number of pyridine rings is 1. The highest BCUT2D eigenvalue weighted by Gasteiger charge is 2.39. The lowest BCUT2D eigenvalue weighted by atomic mass is 9.97. The molecule has 2 fully saturated rings.